The fourth-order valence-electron chi connectivity index (χ4n) is 3.77. The van der Waals surface area contributed by atoms with Gasteiger partial charge in [0.1, 0.15) is 0 Å². The van der Waals surface area contributed by atoms with E-state index in [4.69, 9.17) is 0 Å². The van der Waals surface area contributed by atoms with Gasteiger partial charge in [-0.2, -0.15) is 31.3 Å². The Morgan fingerprint density at radius 1 is 1.06 bits per heavy atom. The molecule has 0 N–H and O–H groups in total. The molecule has 0 saturated carbocycles. The predicted octanol–water partition coefficient (Wildman–Crippen LogP) is 4.76. The van der Waals surface area contributed by atoms with Crippen molar-refractivity contribution in [2.24, 2.45) is 10.9 Å². The number of thioether (sulfide) groups is 1. The van der Waals surface area contributed by atoms with Crippen LogP contribution in [-0.2, 0) is 27.0 Å². The first-order valence-electron chi connectivity index (χ1n) is 9.74. The Labute approximate surface area is 185 Å². The van der Waals surface area contributed by atoms with Crippen molar-refractivity contribution < 1.29 is 39.6 Å². The van der Waals surface area contributed by atoms with Crippen molar-refractivity contribution in [2.75, 3.05) is 16.4 Å². The summed E-state index contributed by atoms with van der Waals surface area (Å²) in [5.74, 6) is -1.77. The third kappa shape index (κ3) is 5.08. The number of anilines is 1. The number of benzene rings is 1. The van der Waals surface area contributed by atoms with Crippen molar-refractivity contribution in [3.63, 3.8) is 0 Å². The molecule has 0 radical (unpaired) electrons. The maximum absolute atomic E-state index is 13.3. The summed E-state index contributed by atoms with van der Waals surface area (Å²) >= 11 is 0.893. The maximum atomic E-state index is 13.3. The number of carbonyl (C=O) groups excluding carboxylic acids is 1. The monoisotopic (exact) mass is 502 g/mol. The van der Waals surface area contributed by atoms with E-state index < -0.39 is 67.9 Å². The average Bonchev–Trinajstić information content (AvgIpc) is 3.11. The Hall–Kier alpha value is -1.76. The second-order valence-electron chi connectivity index (χ2n) is 7.68. The van der Waals surface area contributed by atoms with Gasteiger partial charge in [0.15, 0.2) is 15.0 Å². The number of rotatable bonds is 4. The lowest BCUT2D eigenvalue weighted by molar-refractivity contribution is -0.143. The average molecular weight is 503 g/mol. The fraction of sp³-hybridized carbons (Fsp3) is 0.579. The van der Waals surface area contributed by atoms with Gasteiger partial charge < -0.3 is 4.90 Å². The van der Waals surface area contributed by atoms with Gasteiger partial charge in [-0.15, -0.1) is 0 Å². The zero-order valence-corrected chi connectivity index (χ0v) is 18.6. The molecule has 2 heterocycles. The number of aliphatic imine (C=N–C) groups is 1. The molecule has 0 aromatic heterocycles. The third-order valence-corrected chi connectivity index (χ3v) is 8.67. The summed E-state index contributed by atoms with van der Waals surface area (Å²) in [6.45, 7) is 3.52. The molecule has 2 saturated heterocycles. The molecule has 2 fully saturated rings. The molecule has 0 aliphatic carbocycles. The van der Waals surface area contributed by atoms with Gasteiger partial charge in [-0.25, -0.2) is 8.42 Å². The number of nitrogens with zero attached hydrogens (tertiary/aromatic N) is 2. The molecule has 0 bridgehead atoms. The summed E-state index contributed by atoms with van der Waals surface area (Å²) in [7, 11) is -3.55. The quantitative estimate of drug-likeness (QED) is 0.556. The number of halogens is 6. The van der Waals surface area contributed by atoms with Crippen molar-refractivity contribution in [2.45, 2.75) is 50.3 Å². The van der Waals surface area contributed by atoms with E-state index in [-0.39, 0.29) is 17.0 Å². The van der Waals surface area contributed by atoms with Crippen molar-refractivity contribution in [1.82, 2.24) is 0 Å². The van der Waals surface area contributed by atoms with Crippen molar-refractivity contribution in [3.05, 3.63) is 29.3 Å². The second-order valence-corrected chi connectivity index (χ2v) is 11.0. The SMILES string of the molecule is CCC(CC)C(=O)N=C1SC2CS(=O)(=O)CC2N1c1cc(C(F)(F)F)cc(C(F)(F)F)c1. The van der Waals surface area contributed by atoms with Gasteiger partial charge in [0, 0.05) is 16.9 Å². The Morgan fingerprint density at radius 2 is 1.59 bits per heavy atom. The fourth-order valence-corrected chi connectivity index (χ4v) is 7.69. The minimum Gasteiger partial charge on any atom is -0.316 e. The van der Waals surface area contributed by atoms with Crippen molar-refractivity contribution in [3.8, 4) is 0 Å². The number of sulfone groups is 1. The van der Waals surface area contributed by atoms with E-state index in [1.165, 1.54) is 0 Å². The normalized spacial score (nSPS) is 24.4. The molecule has 3 rings (SSSR count). The molecule has 2 aliphatic heterocycles. The lowest BCUT2D eigenvalue weighted by Gasteiger charge is -2.26. The topological polar surface area (TPSA) is 66.8 Å². The number of amidine groups is 1. The van der Waals surface area contributed by atoms with Crippen LogP contribution in [0.4, 0.5) is 32.0 Å². The molecule has 32 heavy (non-hydrogen) atoms. The number of hydrogen-bond acceptors (Lipinski definition) is 4. The van der Waals surface area contributed by atoms with Crippen LogP contribution < -0.4 is 4.90 Å². The molecule has 1 aromatic carbocycles. The first kappa shape index (κ1) is 24.9. The molecule has 0 spiro atoms. The lowest BCUT2D eigenvalue weighted by Crippen LogP contribution is -2.38. The van der Waals surface area contributed by atoms with Crippen molar-refractivity contribution >= 4 is 38.4 Å². The summed E-state index contributed by atoms with van der Waals surface area (Å²) in [6, 6.07) is 0.130. The van der Waals surface area contributed by atoms with Crippen LogP contribution in [0.5, 0.6) is 0 Å². The van der Waals surface area contributed by atoms with Crippen LogP contribution in [0.1, 0.15) is 37.8 Å². The molecular formula is C19H20F6N2O3S2. The van der Waals surface area contributed by atoms with E-state index in [1.807, 2.05) is 0 Å². The second kappa shape index (κ2) is 8.54. The number of alkyl halides is 6. The summed E-state index contributed by atoms with van der Waals surface area (Å²) in [5, 5.41) is -0.739. The highest BCUT2D eigenvalue weighted by Gasteiger charge is 2.50. The standard InChI is InChI=1S/C19H20F6N2O3S2/c1-3-10(4-2)16(28)26-17-27(14-8-32(29,30)9-15(14)31-17)13-6-11(18(20,21)22)5-12(7-13)19(23,24)25/h5-7,10,14-15H,3-4,8-9H2,1-2H3. The summed E-state index contributed by atoms with van der Waals surface area (Å²) in [4.78, 5) is 17.6. The number of fused-ring (bicyclic) bond motifs is 1. The molecule has 2 aliphatic rings. The number of carbonyl (C=O) groups is 1. The van der Waals surface area contributed by atoms with E-state index in [0.29, 0.717) is 25.0 Å². The highest BCUT2D eigenvalue weighted by atomic mass is 32.2. The molecule has 2 atom stereocenters. The molecule has 178 valence electrons. The van der Waals surface area contributed by atoms with E-state index in [9.17, 15) is 39.6 Å². The van der Waals surface area contributed by atoms with Gasteiger partial charge in [-0.05, 0) is 31.0 Å². The zero-order chi connectivity index (χ0) is 24.1. The number of amides is 1. The Balaban J connectivity index is 2.16. The van der Waals surface area contributed by atoms with Gasteiger partial charge in [0.25, 0.3) is 5.91 Å². The predicted molar refractivity (Wildman–Crippen MR) is 109 cm³/mol. The Bertz CT molecular complexity index is 1000. The van der Waals surface area contributed by atoms with Crippen molar-refractivity contribution in [1.29, 1.82) is 0 Å². The summed E-state index contributed by atoms with van der Waals surface area (Å²) in [5.41, 5.74) is -3.55. The molecule has 13 heteroatoms. The molecular weight excluding hydrogens is 482 g/mol. The highest BCUT2D eigenvalue weighted by Crippen LogP contribution is 2.44. The third-order valence-electron chi connectivity index (χ3n) is 5.46. The van der Waals surface area contributed by atoms with Gasteiger partial charge in [0.05, 0.1) is 28.7 Å². The first-order chi connectivity index (χ1) is 14.7. The van der Waals surface area contributed by atoms with E-state index in [1.54, 1.807) is 13.8 Å². The van der Waals surface area contributed by atoms with Crippen LogP contribution in [0.25, 0.3) is 0 Å². The van der Waals surface area contributed by atoms with E-state index in [0.717, 1.165) is 16.7 Å². The molecule has 1 aromatic rings. The van der Waals surface area contributed by atoms with Gasteiger partial charge in [-0.1, -0.05) is 25.6 Å². The highest BCUT2D eigenvalue weighted by molar-refractivity contribution is 8.16. The summed E-state index contributed by atoms with van der Waals surface area (Å²) < 4.78 is 104. The zero-order valence-electron chi connectivity index (χ0n) is 17.0. The first-order valence-corrected chi connectivity index (χ1v) is 12.4. The van der Waals surface area contributed by atoms with E-state index in [2.05, 4.69) is 4.99 Å². The van der Waals surface area contributed by atoms with Crippen LogP contribution in [-0.4, -0.2) is 42.3 Å². The van der Waals surface area contributed by atoms with Gasteiger partial charge >= 0.3 is 12.4 Å². The Morgan fingerprint density at radius 3 is 2.06 bits per heavy atom. The Kier molecular flexibility index (Phi) is 6.64. The minimum absolute atomic E-state index is 0.00174. The lowest BCUT2D eigenvalue weighted by atomic mass is 10.0. The van der Waals surface area contributed by atoms with Crippen LogP contribution in [0.3, 0.4) is 0 Å². The smallest absolute Gasteiger partial charge is 0.316 e. The molecule has 5 nitrogen and oxygen atoms in total. The molecule has 2 unspecified atom stereocenters. The van der Waals surface area contributed by atoms with Gasteiger partial charge in [-0.3, -0.25) is 4.79 Å². The largest absolute Gasteiger partial charge is 0.416 e. The van der Waals surface area contributed by atoms with E-state index >= 15 is 0 Å². The van der Waals surface area contributed by atoms with Crippen LogP contribution in [0, 0.1) is 5.92 Å². The minimum atomic E-state index is -5.06. The van der Waals surface area contributed by atoms with Crippen LogP contribution >= 0.6 is 11.8 Å². The van der Waals surface area contributed by atoms with Crippen LogP contribution in [0.2, 0.25) is 0 Å². The molecule has 1 amide bonds. The number of hydrogen-bond donors (Lipinski definition) is 0. The van der Waals surface area contributed by atoms with Crippen LogP contribution in [0.15, 0.2) is 23.2 Å². The summed E-state index contributed by atoms with van der Waals surface area (Å²) in [6.07, 6.45) is -9.21. The van der Waals surface area contributed by atoms with Gasteiger partial charge in [0.2, 0.25) is 0 Å². The maximum Gasteiger partial charge on any atom is 0.416 e.